The Morgan fingerprint density at radius 1 is 1.26 bits per heavy atom. The molecule has 7 heteroatoms. The summed E-state index contributed by atoms with van der Waals surface area (Å²) in [5, 5.41) is 12.6. The van der Waals surface area contributed by atoms with Crippen LogP contribution in [-0.4, -0.2) is 30.5 Å². The fraction of sp³-hybridized carbons (Fsp3) is 0.562. The lowest BCUT2D eigenvalue weighted by Crippen LogP contribution is -2.28. The Morgan fingerprint density at radius 3 is 2.39 bits per heavy atom. The van der Waals surface area contributed by atoms with Crippen LogP contribution in [0.1, 0.15) is 37.2 Å². The van der Waals surface area contributed by atoms with E-state index in [2.05, 4.69) is 10.1 Å². The van der Waals surface area contributed by atoms with Crippen molar-refractivity contribution in [3.63, 3.8) is 0 Å². The molecule has 1 aliphatic heterocycles. The zero-order chi connectivity index (χ0) is 16.9. The minimum Gasteiger partial charge on any atom is -0.481 e. The molecule has 2 rings (SSSR count). The number of piperidine rings is 1. The fourth-order valence-corrected chi connectivity index (χ4v) is 2.91. The minimum absolute atomic E-state index is 0.344. The molecule has 1 saturated heterocycles. The van der Waals surface area contributed by atoms with E-state index in [1.165, 1.54) is 12.1 Å². The van der Waals surface area contributed by atoms with E-state index in [4.69, 9.17) is 0 Å². The summed E-state index contributed by atoms with van der Waals surface area (Å²) in [5.74, 6) is -1.50. The molecule has 0 spiro atoms. The molecule has 0 aromatic heterocycles. The van der Waals surface area contributed by atoms with Gasteiger partial charge in [-0.3, -0.25) is 4.79 Å². The molecular formula is C16H20F3NO3. The maximum Gasteiger partial charge on any atom is 0.573 e. The van der Waals surface area contributed by atoms with Crippen LogP contribution in [0.25, 0.3) is 0 Å². The third kappa shape index (κ3) is 5.74. The van der Waals surface area contributed by atoms with E-state index in [1.54, 1.807) is 0 Å². The number of hydrogen-bond acceptors (Lipinski definition) is 3. The molecule has 0 bridgehead atoms. The Morgan fingerprint density at radius 2 is 1.87 bits per heavy atom. The molecule has 1 atom stereocenters. The van der Waals surface area contributed by atoms with Gasteiger partial charge in [-0.1, -0.05) is 12.1 Å². The maximum absolute atomic E-state index is 12.1. The van der Waals surface area contributed by atoms with Crippen LogP contribution in [-0.2, 0) is 4.79 Å². The van der Waals surface area contributed by atoms with Crippen LogP contribution in [0.3, 0.4) is 0 Å². The van der Waals surface area contributed by atoms with Crippen molar-refractivity contribution in [2.45, 2.75) is 38.0 Å². The number of rotatable bonds is 6. The number of carboxylic acid groups (broad SMARTS) is 1. The average Bonchev–Trinajstić information content (AvgIpc) is 2.48. The van der Waals surface area contributed by atoms with Crippen molar-refractivity contribution in [2.24, 2.45) is 5.92 Å². The van der Waals surface area contributed by atoms with Crippen molar-refractivity contribution in [3.05, 3.63) is 29.8 Å². The molecule has 2 N–H and O–H groups in total. The predicted molar refractivity (Wildman–Crippen MR) is 78.3 cm³/mol. The van der Waals surface area contributed by atoms with Crippen LogP contribution >= 0.6 is 0 Å². The molecule has 128 valence electrons. The molecule has 1 aromatic rings. The van der Waals surface area contributed by atoms with Gasteiger partial charge in [-0.05, 0) is 62.4 Å². The van der Waals surface area contributed by atoms with E-state index < -0.39 is 18.2 Å². The second-order valence-corrected chi connectivity index (χ2v) is 5.78. The van der Waals surface area contributed by atoms with Crippen molar-refractivity contribution >= 4 is 5.97 Å². The number of ether oxygens (including phenoxy) is 1. The molecule has 0 saturated carbocycles. The van der Waals surface area contributed by atoms with Crippen LogP contribution in [0.4, 0.5) is 13.2 Å². The summed E-state index contributed by atoms with van der Waals surface area (Å²) < 4.78 is 40.2. The van der Waals surface area contributed by atoms with Gasteiger partial charge >= 0.3 is 12.3 Å². The second kappa shape index (κ2) is 7.68. The zero-order valence-electron chi connectivity index (χ0n) is 12.6. The molecule has 4 nitrogen and oxygen atoms in total. The predicted octanol–water partition coefficient (Wildman–Crippen LogP) is 3.53. The first-order chi connectivity index (χ1) is 10.8. The number of halogens is 3. The number of carboxylic acids is 1. The molecule has 1 aromatic carbocycles. The highest BCUT2D eigenvalue weighted by atomic mass is 19.4. The van der Waals surface area contributed by atoms with E-state index in [9.17, 15) is 23.1 Å². The van der Waals surface area contributed by atoms with Crippen LogP contribution < -0.4 is 10.1 Å². The van der Waals surface area contributed by atoms with Crippen molar-refractivity contribution < 1.29 is 27.8 Å². The fourth-order valence-electron chi connectivity index (χ4n) is 2.91. The first-order valence-corrected chi connectivity index (χ1v) is 7.64. The summed E-state index contributed by atoms with van der Waals surface area (Å²) in [7, 11) is 0. The third-order valence-corrected chi connectivity index (χ3v) is 4.14. The van der Waals surface area contributed by atoms with Gasteiger partial charge in [-0.2, -0.15) is 0 Å². The summed E-state index contributed by atoms with van der Waals surface area (Å²) in [4.78, 5) is 11.5. The van der Waals surface area contributed by atoms with Crippen molar-refractivity contribution in [2.75, 3.05) is 13.1 Å². The van der Waals surface area contributed by atoms with Crippen LogP contribution in [0.15, 0.2) is 24.3 Å². The Hall–Kier alpha value is -1.76. The molecule has 1 heterocycles. The van der Waals surface area contributed by atoms with Crippen LogP contribution in [0, 0.1) is 5.92 Å². The van der Waals surface area contributed by atoms with E-state index in [0.29, 0.717) is 17.9 Å². The molecular weight excluding hydrogens is 311 g/mol. The Kier molecular flexibility index (Phi) is 5.87. The quantitative estimate of drug-likeness (QED) is 0.837. The number of hydrogen-bond donors (Lipinski definition) is 2. The number of carbonyl (C=O) groups is 1. The van der Waals surface area contributed by atoms with Gasteiger partial charge < -0.3 is 15.2 Å². The van der Waals surface area contributed by atoms with Gasteiger partial charge in [0, 0.05) is 0 Å². The molecule has 1 fully saturated rings. The molecule has 0 aliphatic carbocycles. The number of aliphatic carboxylic acids is 1. The summed E-state index contributed by atoms with van der Waals surface area (Å²) in [6.07, 6.45) is -1.39. The van der Waals surface area contributed by atoms with Crippen molar-refractivity contribution in [1.82, 2.24) is 5.32 Å². The van der Waals surface area contributed by atoms with Gasteiger partial charge in [0.25, 0.3) is 0 Å². The van der Waals surface area contributed by atoms with Gasteiger partial charge in [0.2, 0.25) is 0 Å². The molecule has 1 unspecified atom stereocenters. The summed E-state index contributed by atoms with van der Waals surface area (Å²) in [6.45, 7) is 1.90. The van der Waals surface area contributed by atoms with E-state index in [1.807, 2.05) is 0 Å². The highest BCUT2D eigenvalue weighted by molar-refractivity contribution is 5.76. The highest BCUT2D eigenvalue weighted by Gasteiger charge is 2.31. The topological polar surface area (TPSA) is 58.6 Å². The van der Waals surface area contributed by atoms with Crippen molar-refractivity contribution in [1.29, 1.82) is 0 Å². The summed E-state index contributed by atoms with van der Waals surface area (Å²) in [6, 6.07) is 5.09. The Balaban J connectivity index is 1.98. The highest BCUT2D eigenvalue weighted by Crippen LogP contribution is 2.29. The second-order valence-electron chi connectivity index (χ2n) is 5.78. The monoisotopic (exact) mass is 331 g/mol. The zero-order valence-corrected chi connectivity index (χ0v) is 12.6. The minimum atomic E-state index is -4.75. The standard InChI is InChI=1S/C16H20F3NO3/c17-16(18,19)23-13-4-2-12(3-5-13)14(15(21)22)6-1-11-7-9-20-10-8-11/h2-5,11,14,20H,1,6-10H2,(H,21,22). The normalized spacial score (nSPS) is 17.7. The van der Waals surface area contributed by atoms with Gasteiger partial charge in [0.1, 0.15) is 5.75 Å². The number of alkyl halides is 3. The molecule has 23 heavy (non-hydrogen) atoms. The first-order valence-electron chi connectivity index (χ1n) is 7.64. The molecule has 1 aliphatic rings. The van der Waals surface area contributed by atoms with E-state index in [0.717, 1.165) is 44.5 Å². The summed E-state index contributed by atoms with van der Waals surface area (Å²) in [5.41, 5.74) is 0.501. The van der Waals surface area contributed by atoms with E-state index in [-0.39, 0.29) is 5.75 Å². The average molecular weight is 331 g/mol. The maximum atomic E-state index is 12.1. The van der Waals surface area contributed by atoms with Crippen LogP contribution in [0.5, 0.6) is 5.75 Å². The van der Waals surface area contributed by atoms with Crippen LogP contribution in [0.2, 0.25) is 0 Å². The number of benzene rings is 1. The SMILES string of the molecule is O=C(O)C(CCC1CCNCC1)c1ccc(OC(F)(F)F)cc1. The van der Waals surface area contributed by atoms with Gasteiger partial charge in [0.05, 0.1) is 5.92 Å². The van der Waals surface area contributed by atoms with Crippen molar-refractivity contribution in [3.8, 4) is 5.75 Å². The smallest absolute Gasteiger partial charge is 0.481 e. The lowest BCUT2D eigenvalue weighted by atomic mass is 9.86. The van der Waals surface area contributed by atoms with Gasteiger partial charge in [0.15, 0.2) is 0 Å². The summed E-state index contributed by atoms with van der Waals surface area (Å²) >= 11 is 0. The van der Waals surface area contributed by atoms with Gasteiger partial charge in [-0.15, -0.1) is 13.2 Å². The van der Waals surface area contributed by atoms with Gasteiger partial charge in [-0.25, -0.2) is 0 Å². The molecule has 0 amide bonds. The Bertz CT molecular complexity index is 510. The largest absolute Gasteiger partial charge is 0.573 e. The number of nitrogens with one attached hydrogen (secondary N) is 1. The molecule has 0 radical (unpaired) electrons. The Labute approximate surface area is 132 Å². The lowest BCUT2D eigenvalue weighted by molar-refractivity contribution is -0.274. The lowest BCUT2D eigenvalue weighted by Gasteiger charge is -2.24. The third-order valence-electron chi connectivity index (χ3n) is 4.14. The van der Waals surface area contributed by atoms with E-state index >= 15 is 0 Å². The first kappa shape index (κ1) is 17.6.